The molecule has 1 aromatic heterocycles. The van der Waals surface area contributed by atoms with Gasteiger partial charge < -0.3 is 14.7 Å². The lowest BCUT2D eigenvalue weighted by molar-refractivity contribution is -0.00380. The zero-order chi connectivity index (χ0) is 22.7. The Bertz CT molecular complexity index is 1030. The van der Waals surface area contributed by atoms with Crippen LogP contribution in [0.3, 0.4) is 0 Å². The van der Waals surface area contributed by atoms with Gasteiger partial charge in [0.2, 0.25) is 11.7 Å². The molecule has 0 bridgehead atoms. The number of pyridine rings is 1. The molecule has 0 saturated heterocycles. The van der Waals surface area contributed by atoms with Gasteiger partial charge in [0, 0.05) is 16.1 Å². The maximum Gasteiger partial charge on any atom is 0.236 e. The van der Waals surface area contributed by atoms with E-state index in [2.05, 4.69) is 26.1 Å². The number of oxime groups is 1. The summed E-state index contributed by atoms with van der Waals surface area (Å²) in [7, 11) is 0. The Balaban J connectivity index is 2.48. The molecule has 1 heterocycles. The summed E-state index contributed by atoms with van der Waals surface area (Å²) in [4.78, 5) is 22.8. The maximum absolute atomic E-state index is 13.1. The number of aromatic nitrogens is 1. The summed E-state index contributed by atoms with van der Waals surface area (Å²) in [5.74, 6) is -0.436. The standard InChI is InChI=1S/C22H24BrN3O4/c1-21(2,3)20(26-30-22(4,5)6)29-17-8-7-9-25-18(17)19(28)14-11-15(23)13(12-24)10-16(14)27/h7-11,27H,1-6H3. The number of benzene rings is 1. The van der Waals surface area contributed by atoms with Crippen molar-refractivity contribution < 1.29 is 19.5 Å². The lowest BCUT2D eigenvalue weighted by Crippen LogP contribution is -2.29. The van der Waals surface area contributed by atoms with E-state index >= 15 is 0 Å². The Morgan fingerprint density at radius 1 is 1.23 bits per heavy atom. The first-order valence-electron chi connectivity index (χ1n) is 9.20. The molecule has 158 valence electrons. The highest BCUT2D eigenvalue weighted by molar-refractivity contribution is 9.10. The predicted molar refractivity (Wildman–Crippen MR) is 117 cm³/mol. The number of ketones is 1. The highest BCUT2D eigenvalue weighted by Crippen LogP contribution is 2.31. The van der Waals surface area contributed by atoms with Gasteiger partial charge in [-0.1, -0.05) is 25.9 Å². The summed E-state index contributed by atoms with van der Waals surface area (Å²) in [6.45, 7) is 11.3. The van der Waals surface area contributed by atoms with Crippen molar-refractivity contribution in [2.24, 2.45) is 10.6 Å². The normalized spacial score (nSPS) is 12.3. The van der Waals surface area contributed by atoms with Crippen LogP contribution in [-0.2, 0) is 4.84 Å². The number of nitrogens with zero attached hydrogens (tertiary/aromatic N) is 3. The molecular formula is C22H24BrN3O4. The smallest absolute Gasteiger partial charge is 0.236 e. The molecule has 0 radical (unpaired) electrons. The third-order valence-electron chi connectivity index (χ3n) is 3.69. The molecule has 2 aromatic rings. The summed E-state index contributed by atoms with van der Waals surface area (Å²) in [6, 6.07) is 7.76. The van der Waals surface area contributed by atoms with E-state index in [1.54, 1.807) is 12.1 Å². The van der Waals surface area contributed by atoms with E-state index in [1.165, 1.54) is 18.3 Å². The van der Waals surface area contributed by atoms with E-state index < -0.39 is 16.8 Å². The lowest BCUT2D eigenvalue weighted by atomic mass is 9.96. The van der Waals surface area contributed by atoms with Crippen molar-refractivity contribution in [3.8, 4) is 17.6 Å². The molecule has 30 heavy (non-hydrogen) atoms. The Morgan fingerprint density at radius 3 is 2.47 bits per heavy atom. The molecule has 1 N–H and O–H groups in total. The molecule has 0 fully saturated rings. The first kappa shape index (κ1) is 23.4. The van der Waals surface area contributed by atoms with Gasteiger partial charge in [-0.3, -0.25) is 4.79 Å². The number of carbonyl (C=O) groups excluding carboxylic acids is 1. The van der Waals surface area contributed by atoms with Crippen molar-refractivity contribution in [2.45, 2.75) is 47.1 Å². The third kappa shape index (κ3) is 5.80. The van der Waals surface area contributed by atoms with Crippen LogP contribution in [0.2, 0.25) is 0 Å². The SMILES string of the molecule is CC(C)(C)ON=C(Oc1cccnc1C(=O)c1cc(Br)c(C#N)cc1O)C(C)(C)C. The van der Waals surface area contributed by atoms with E-state index in [9.17, 15) is 9.90 Å². The van der Waals surface area contributed by atoms with E-state index in [4.69, 9.17) is 14.8 Å². The fourth-order valence-electron chi connectivity index (χ4n) is 2.19. The maximum atomic E-state index is 13.1. The van der Waals surface area contributed by atoms with Crippen molar-refractivity contribution >= 4 is 27.6 Å². The number of aromatic hydroxyl groups is 1. The van der Waals surface area contributed by atoms with E-state index in [-0.39, 0.29) is 34.2 Å². The van der Waals surface area contributed by atoms with E-state index in [0.29, 0.717) is 4.47 Å². The Kier molecular flexibility index (Phi) is 6.88. The summed E-state index contributed by atoms with van der Waals surface area (Å²) in [5.41, 5.74) is -0.834. The van der Waals surface area contributed by atoms with Gasteiger partial charge in [0.15, 0.2) is 11.4 Å². The average molecular weight is 474 g/mol. The van der Waals surface area contributed by atoms with Gasteiger partial charge in [-0.05, 0) is 61.0 Å². The fourth-order valence-corrected chi connectivity index (χ4v) is 2.62. The first-order valence-corrected chi connectivity index (χ1v) is 9.99. The van der Waals surface area contributed by atoms with Crippen LogP contribution >= 0.6 is 15.9 Å². The van der Waals surface area contributed by atoms with Gasteiger partial charge in [0.25, 0.3) is 0 Å². The van der Waals surface area contributed by atoms with Gasteiger partial charge in [-0.2, -0.15) is 5.26 Å². The largest absolute Gasteiger partial charge is 0.507 e. The number of halogens is 1. The second-order valence-electron chi connectivity index (χ2n) is 8.59. The Hall–Kier alpha value is -2.92. The minimum Gasteiger partial charge on any atom is -0.507 e. The first-order chi connectivity index (χ1) is 13.8. The number of rotatable bonds is 4. The van der Waals surface area contributed by atoms with E-state index in [0.717, 1.165) is 0 Å². The summed E-state index contributed by atoms with van der Waals surface area (Å²) in [6.07, 6.45) is 1.45. The molecule has 0 saturated carbocycles. The molecule has 0 aliphatic heterocycles. The van der Waals surface area contributed by atoms with Crippen molar-refractivity contribution in [3.05, 3.63) is 51.8 Å². The van der Waals surface area contributed by atoms with Crippen LogP contribution in [0.15, 0.2) is 40.1 Å². The molecule has 1 aromatic carbocycles. The van der Waals surface area contributed by atoms with Crippen molar-refractivity contribution in [3.63, 3.8) is 0 Å². The number of ether oxygens (including phenoxy) is 1. The Labute approximate surface area is 184 Å². The highest BCUT2D eigenvalue weighted by Gasteiger charge is 2.27. The minimum atomic E-state index is -0.557. The molecule has 0 aliphatic carbocycles. The lowest BCUT2D eigenvalue weighted by Gasteiger charge is -2.24. The minimum absolute atomic E-state index is 0.00267. The molecule has 8 heteroatoms. The average Bonchev–Trinajstić information content (AvgIpc) is 2.64. The molecule has 0 amide bonds. The van der Waals surface area contributed by atoms with Crippen LogP contribution in [-0.4, -0.2) is 27.4 Å². The van der Waals surface area contributed by atoms with E-state index in [1.807, 2.05) is 47.6 Å². The topological polar surface area (TPSA) is 105 Å². The molecule has 7 nitrogen and oxygen atoms in total. The molecule has 2 rings (SSSR count). The number of hydrogen-bond donors (Lipinski definition) is 1. The zero-order valence-corrected chi connectivity index (χ0v) is 19.4. The fraction of sp³-hybridized carbons (Fsp3) is 0.364. The van der Waals surface area contributed by atoms with Crippen LogP contribution < -0.4 is 4.74 Å². The Morgan fingerprint density at radius 2 is 1.90 bits per heavy atom. The quantitative estimate of drug-likeness (QED) is 0.283. The predicted octanol–water partition coefficient (Wildman–Crippen LogP) is 5.21. The molecule has 0 unspecified atom stereocenters. The number of hydrogen-bond acceptors (Lipinski definition) is 7. The van der Waals surface area contributed by atoms with Gasteiger partial charge in [-0.15, -0.1) is 0 Å². The van der Waals surface area contributed by atoms with Crippen molar-refractivity contribution in [1.82, 2.24) is 4.98 Å². The van der Waals surface area contributed by atoms with Crippen LogP contribution in [0.4, 0.5) is 0 Å². The summed E-state index contributed by atoms with van der Waals surface area (Å²) >= 11 is 3.23. The summed E-state index contributed by atoms with van der Waals surface area (Å²) < 4.78 is 6.35. The molecule has 0 spiro atoms. The van der Waals surface area contributed by atoms with Crippen molar-refractivity contribution in [1.29, 1.82) is 5.26 Å². The van der Waals surface area contributed by atoms with Gasteiger partial charge in [0.1, 0.15) is 17.4 Å². The highest BCUT2D eigenvalue weighted by atomic mass is 79.9. The van der Waals surface area contributed by atoms with Crippen LogP contribution in [0.1, 0.15) is 63.2 Å². The van der Waals surface area contributed by atoms with Crippen LogP contribution in [0, 0.1) is 16.7 Å². The van der Waals surface area contributed by atoms with Gasteiger partial charge in [-0.25, -0.2) is 4.98 Å². The van der Waals surface area contributed by atoms with Crippen molar-refractivity contribution in [2.75, 3.05) is 0 Å². The molecule has 0 atom stereocenters. The monoisotopic (exact) mass is 473 g/mol. The van der Waals surface area contributed by atoms with Gasteiger partial charge in [0.05, 0.1) is 11.1 Å². The third-order valence-corrected chi connectivity index (χ3v) is 4.34. The zero-order valence-electron chi connectivity index (χ0n) is 17.8. The number of phenolic OH excluding ortho intramolecular Hbond substituents is 1. The number of carbonyl (C=O) groups is 1. The summed E-state index contributed by atoms with van der Waals surface area (Å²) in [5, 5.41) is 23.5. The van der Waals surface area contributed by atoms with Gasteiger partial charge >= 0.3 is 0 Å². The number of phenols is 1. The second kappa shape index (κ2) is 8.84. The molecule has 0 aliphatic rings. The second-order valence-corrected chi connectivity index (χ2v) is 9.45. The number of nitriles is 1. The molecular weight excluding hydrogens is 450 g/mol. The van der Waals surface area contributed by atoms with Crippen LogP contribution in [0.5, 0.6) is 11.5 Å². The van der Waals surface area contributed by atoms with Crippen LogP contribution in [0.25, 0.3) is 0 Å².